The number of aromatic nitrogens is 3. The van der Waals surface area contributed by atoms with Crippen LogP contribution in [0.5, 0.6) is 0 Å². The summed E-state index contributed by atoms with van der Waals surface area (Å²) >= 11 is 1.78. The summed E-state index contributed by atoms with van der Waals surface area (Å²) < 4.78 is 2.14. The fourth-order valence-electron chi connectivity index (χ4n) is 3.05. The lowest BCUT2D eigenvalue weighted by molar-refractivity contribution is 0.0927. The van der Waals surface area contributed by atoms with Crippen LogP contribution in [0.25, 0.3) is 10.9 Å². The summed E-state index contributed by atoms with van der Waals surface area (Å²) in [5.41, 5.74) is 3.05. The monoisotopic (exact) mass is 297 g/mol. The first-order valence-corrected chi connectivity index (χ1v) is 7.96. The van der Waals surface area contributed by atoms with Crippen LogP contribution in [0.1, 0.15) is 16.1 Å². The predicted octanol–water partition coefficient (Wildman–Crippen LogP) is 3.05. The molecule has 1 aliphatic rings. The highest BCUT2D eigenvalue weighted by molar-refractivity contribution is 7.99. The van der Waals surface area contributed by atoms with Crippen molar-refractivity contribution in [2.24, 2.45) is 13.0 Å². The van der Waals surface area contributed by atoms with Crippen LogP contribution in [0.4, 0.5) is 0 Å². The largest absolute Gasteiger partial charge is 0.348 e. The molecule has 3 aromatic rings. The average molecular weight is 297 g/mol. The molecule has 1 aliphatic heterocycles. The van der Waals surface area contributed by atoms with Gasteiger partial charge in [0.05, 0.1) is 16.9 Å². The van der Waals surface area contributed by atoms with E-state index in [9.17, 15) is 4.79 Å². The number of H-pyrrole nitrogens is 1. The number of aryl methyl sites for hydroxylation is 1. The molecule has 5 heteroatoms. The van der Waals surface area contributed by atoms with E-state index >= 15 is 0 Å². The Labute approximate surface area is 126 Å². The van der Waals surface area contributed by atoms with E-state index in [0.29, 0.717) is 0 Å². The Morgan fingerprint density at radius 1 is 1.43 bits per heavy atom. The van der Waals surface area contributed by atoms with Gasteiger partial charge in [-0.05, 0) is 12.5 Å². The molecule has 21 heavy (non-hydrogen) atoms. The third kappa shape index (κ3) is 1.92. The Bertz CT molecular complexity index is 820. The predicted molar refractivity (Wildman–Crippen MR) is 83.8 cm³/mol. The number of carbonyl (C=O) groups excluding carboxylic acids is 1. The topological polar surface area (TPSA) is 50.7 Å². The van der Waals surface area contributed by atoms with Gasteiger partial charge in [-0.25, -0.2) is 4.98 Å². The van der Waals surface area contributed by atoms with Crippen LogP contribution in [0, 0.1) is 5.92 Å². The zero-order valence-corrected chi connectivity index (χ0v) is 12.5. The van der Waals surface area contributed by atoms with Crippen LogP contribution < -0.4 is 0 Å². The van der Waals surface area contributed by atoms with Crippen molar-refractivity contribution in [3.63, 3.8) is 0 Å². The first-order chi connectivity index (χ1) is 10.3. The number of fused-ring (bicyclic) bond motifs is 3. The number of para-hydroxylation sites is 1. The summed E-state index contributed by atoms with van der Waals surface area (Å²) in [6.45, 7) is 0. The standard InChI is InChI=1S/C16H15N3OS/c1-19-13-5-3-2-4-12(13)14-15(20)10(8-21-16(14)19)6-11-7-17-9-18-11/h2-5,7,9-10H,6,8H2,1H3,(H,17,18). The van der Waals surface area contributed by atoms with Crippen molar-refractivity contribution >= 4 is 28.4 Å². The number of hydrogen-bond acceptors (Lipinski definition) is 3. The molecule has 4 nitrogen and oxygen atoms in total. The van der Waals surface area contributed by atoms with Gasteiger partial charge in [-0.1, -0.05) is 18.2 Å². The van der Waals surface area contributed by atoms with Gasteiger partial charge in [-0.15, -0.1) is 11.8 Å². The molecule has 0 bridgehead atoms. The van der Waals surface area contributed by atoms with Gasteiger partial charge in [0.2, 0.25) is 0 Å². The van der Waals surface area contributed by atoms with Gasteiger partial charge in [0.15, 0.2) is 5.78 Å². The van der Waals surface area contributed by atoms with E-state index in [1.165, 1.54) is 0 Å². The smallest absolute Gasteiger partial charge is 0.170 e. The summed E-state index contributed by atoms with van der Waals surface area (Å²) in [6.07, 6.45) is 4.20. The van der Waals surface area contributed by atoms with E-state index in [0.717, 1.165) is 39.4 Å². The van der Waals surface area contributed by atoms with Crippen LogP contribution in [0.15, 0.2) is 41.8 Å². The zero-order chi connectivity index (χ0) is 14.4. The summed E-state index contributed by atoms with van der Waals surface area (Å²) in [4.78, 5) is 20.0. The van der Waals surface area contributed by atoms with Crippen LogP contribution in [0.2, 0.25) is 0 Å². The van der Waals surface area contributed by atoms with Crippen molar-refractivity contribution in [2.75, 3.05) is 5.75 Å². The Balaban J connectivity index is 1.79. The van der Waals surface area contributed by atoms with Crippen molar-refractivity contribution in [2.45, 2.75) is 11.4 Å². The second-order valence-corrected chi connectivity index (χ2v) is 6.42. The molecule has 2 aromatic heterocycles. The van der Waals surface area contributed by atoms with Crippen LogP contribution >= 0.6 is 11.8 Å². The molecule has 106 valence electrons. The molecule has 0 saturated heterocycles. The lowest BCUT2D eigenvalue weighted by atomic mass is 9.94. The summed E-state index contributed by atoms with van der Waals surface area (Å²) in [5.74, 6) is 1.11. The molecule has 3 heterocycles. The van der Waals surface area contributed by atoms with Crippen LogP contribution in [-0.2, 0) is 13.5 Å². The molecule has 4 rings (SSSR count). The summed E-state index contributed by atoms with van der Waals surface area (Å²) in [5, 5.41) is 2.17. The molecular weight excluding hydrogens is 282 g/mol. The lowest BCUT2D eigenvalue weighted by Gasteiger charge is -2.21. The van der Waals surface area contributed by atoms with Gasteiger partial charge in [-0.3, -0.25) is 4.79 Å². The fraction of sp³-hybridized carbons (Fsp3) is 0.250. The van der Waals surface area contributed by atoms with Gasteiger partial charge in [0.1, 0.15) is 0 Å². The number of benzene rings is 1. The molecule has 0 radical (unpaired) electrons. The molecular formula is C16H15N3OS. The highest BCUT2D eigenvalue weighted by atomic mass is 32.2. The minimum absolute atomic E-state index is 0.0220. The van der Waals surface area contributed by atoms with E-state index < -0.39 is 0 Å². The third-order valence-electron chi connectivity index (χ3n) is 4.11. The van der Waals surface area contributed by atoms with E-state index in [4.69, 9.17) is 0 Å². The molecule has 1 aromatic carbocycles. The zero-order valence-electron chi connectivity index (χ0n) is 11.7. The molecule has 0 fully saturated rings. The SMILES string of the molecule is Cn1c2c(c3ccccc31)C(=O)C(Cc1cnc[nH]1)CS2. The van der Waals surface area contributed by atoms with E-state index in [1.807, 2.05) is 25.2 Å². The van der Waals surface area contributed by atoms with Crippen molar-refractivity contribution in [3.05, 3.63) is 48.0 Å². The fourth-order valence-corrected chi connectivity index (χ4v) is 4.32. The number of imidazole rings is 1. The summed E-state index contributed by atoms with van der Waals surface area (Å²) in [6, 6.07) is 8.14. The number of thioether (sulfide) groups is 1. The summed E-state index contributed by atoms with van der Waals surface area (Å²) in [7, 11) is 2.04. The Morgan fingerprint density at radius 2 is 2.29 bits per heavy atom. The minimum atomic E-state index is 0.0220. The van der Waals surface area contributed by atoms with Gasteiger partial charge in [0.25, 0.3) is 0 Å². The number of nitrogens with zero attached hydrogens (tertiary/aromatic N) is 2. The number of Topliss-reactive ketones (excluding diaryl/α,β-unsaturated/α-hetero) is 1. The van der Waals surface area contributed by atoms with Crippen molar-refractivity contribution in [1.82, 2.24) is 14.5 Å². The highest BCUT2D eigenvalue weighted by Gasteiger charge is 2.32. The van der Waals surface area contributed by atoms with Gasteiger partial charge in [0, 0.05) is 41.5 Å². The number of ketones is 1. The van der Waals surface area contributed by atoms with Crippen LogP contribution in [0.3, 0.4) is 0 Å². The first kappa shape index (κ1) is 12.7. The maximum absolute atomic E-state index is 12.9. The Morgan fingerprint density at radius 3 is 3.10 bits per heavy atom. The first-order valence-electron chi connectivity index (χ1n) is 6.97. The number of rotatable bonds is 2. The molecule has 1 atom stereocenters. The number of hydrogen-bond donors (Lipinski definition) is 1. The second-order valence-electron chi connectivity index (χ2n) is 5.41. The minimum Gasteiger partial charge on any atom is -0.348 e. The van der Waals surface area contributed by atoms with Gasteiger partial charge < -0.3 is 9.55 Å². The highest BCUT2D eigenvalue weighted by Crippen LogP contribution is 2.39. The molecule has 1 N–H and O–H groups in total. The molecule has 0 saturated carbocycles. The Hall–Kier alpha value is -2.01. The number of aromatic amines is 1. The lowest BCUT2D eigenvalue weighted by Crippen LogP contribution is -2.24. The molecule has 0 aliphatic carbocycles. The maximum atomic E-state index is 12.9. The van der Waals surface area contributed by atoms with Crippen molar-refractivity contribution < 1.29 is 4.79 Å². The maximum Gasteiger partial charge on any atom is 0.170 e. The molecule has 0 amide bonds. The van der Waals surface area contributed by atoms with Crippen molar-refractivity contribution in [1.29, 1.82) is 0 Å². The number of nitrogens with one attached hydrogen (secondary N) is 1. The average Bonchev–Trinajstić information content (AvgIpc) is 3.10. The van der Waals surface area contributed by atoms with Gasteiger partial charge in [-0.2, -0.15) is 0 Å². The molecule has 1 unspecified atom stereocenters. The third-order valence-corrected chi connectivity index (χ3v) is 5.43. The second kappa shape index (κ2) is 4.77. The van der Waals surface area contributed by atoms with Gasteiger partial charge >= 0.3 is 0 Å². The van der Waals surface area contributed by atoms with Crippen molar-refractivity contribution in [3.8, 4) is 0 Å². The normalized spacial score (nSPS) is 18.1. The van der Waals surface area contributed by atoms with Crippen LogP contribution in [-0.4, -0.2) is 26.1 Å². The van der Waals surface area contributed by atoms with E-state index in [-0.39, 0.29) is 11.7 Å². The molecule has 0 spiro atoms. The van der Waals surface area contributed by atoms with E-state index in [2.05, 4.69) is 20.6 Å². The van der Waals surface area contributed by atoms with E-state index in [1.54, 1.807) is 24.3 Å². The number of carbonyl (C=O) groups is 1. The Kier molecular flexibility index (Phi) is 2.89. The quantitative estimate of drug-likeness (QED) is 0.791.